The smallest absolute Gasteiger partial charge is 0.306 e. The average molecular weight is 323 g/mol. The topological polar surface area (TPSA) is 81.2 Å². The fourth-order valence-corrected chi connectivity index (χ4v) is 2.56. The Morgan fingerprint density at radius 1 is 1.27 bits per heavy atom. The fraction of sp³-hybridized carbons (Fsp3) is 0.600. The summed E-state index contributed by atoms with van der Waals surface area (Å²) in [5, 5.41) is 3.51. The van der Waals surface area contributed by atoms with Crippen molar-refractivity contribution in [2.24, 2.45) is 0 Å². The summed E-state index contributed by atoms with van der Waals surface area (Å²) in [7, 11) is 0. The van der Waals surface area contributed by atoms with E-state index in [0.717, 1.165) is 34.9 Å². The number of aromatic nitrogens is 2. The van der Waals surface area contributed by atoms with Crippen molar-refractivity contribution in [2.45, 2.75) is 50.7 Å². The van der Waals surface area contributed by atoms with Crippen LogP contribution in [-0.2, 0) is 20.7 Å². The number of aryl methyl sites for hydroxylation is 2. The van der Waals surface area contributed by atoms with Gasteiger partial charge in [0.15, 0.2) is 11.8 Å². The molecule has 1 N–H and O–H groups in total. The van der Waals surface area contributed by atoms with Gasteiger partial charge in [-0.25, -0.2) is 9.97 Å². The van der Waals surface area contributed by atoms with E-state index in [-0.39, 0.29) is 30.9 Å². The van der Waals surface area contributed by atoms with Gasteiger partial charge in [0.25, 0.3) is 5.91 Å². The number of amides is 1. The highest BCUT2D eigenvalue weighted by molar-refractivity contribution is 7.98. The molecule has 1 saturated carbocycles. The number of esters is 1. The van der Waals surface area contributed by atoms with E-state index < -0.39 is 0 Å². The second-order valence-electron chi connectivity index (χ2n) is 5.36. The molecule has 0 saturated heterocycles. The molecule has 1 aliphatic rings. The van der Waals surface area contributed by atoms with Gasteiger partial charge in [-0.15, -0.1) is 0 Å². The van der Waals surface area contributed by atoms with Gasteiger partial charge >= 0.3 is 5.97 Å². The first kappa shape index (κ1) is 16.7. The van der Waals surface area contributed by atoms with Crippen molar-refractivity contribution in [1.82, 2.24) is 15.3 Å². The molecule has 1 aromatic rings. The number of nitrogens with one attached hydrogen (secondary N) is 1. The summed E-state index contributed by atoms with van der Waals surface area (Å²) in [6.45, 7) is 3.63. The largest absolute Gasteiger partial charge is 0.456 e. The Morgan fingerprint density at radius 2 is 1.91 bits per heavy atom. The van der Waals surface area contributed by atoms with Crippen LogP contribution in [0.2, 0.25) is 0 Å². The fourth-order valence-electron chi connectivity index (χ4n) is 2.10. The van der Waals surface area contributed by atoms with Crippen molar-refractivity contribution >= 4 is 23.6 Å². The first-order valence-electron chi connectivity index (χ1n) is 7.32. The number of hydrogen-bond donors (Lipinski definition) is 1. The van der Waals surface area contributed by atoms with Crippen molar-refractivity contribution in [1.29, 1.82) is 0 Å². The summed E-state index contributed by atoms with van der Waals surface area (Å²) in [4.78, 5) is 31.9. The number of nitrogens with zero attached hydrogens (tertiary/aromatic N) is 2. The predicted molar refractivity (Wildman–Crippen MR) is 83.7 cm³/mol. The van der Waals surface area contributed by atoms with Crippen LogP contribution in [0.25, 0.3) is 0 Å². The molecule has 0 radical (unpaired) electrons. The van der Waals surface area contributed by atoms with Crippen LogP contribution in [0.4, 0.5) is 0 Å². The zero-order chi connectivity index (χ0) is 16.1. The Balaban J connectivity index is 1.79. The van der Waals surface area contributed by atoms with Crippen molar-refractivity contribution in [3.63, 3.8) is 0 Å². The van der Waals surface area contributed by atoms with E-state index >= 15 is 0 Å². The molecule has 0 aromatic carbocycles. The minimum absolute atomic E-state index is 0.199. The minimum atomic E-state index is -0.376. The van der Waals surface area contributed by atoms with Crippen LogP contribution >= 0.6 is 11.8 Å². The Morgan fingerprint density at radius 3 is 2.45 bits per heavy atom. The summed E-state index contributed by atoms with van der Waals surface area (Å²) in [6.07, 6.45) is 4.71. The van der Waals surface area contributed by atoms with Crippen molar-refractivity contribution in [2.75, 3.05) is 12.9 Å². The third kappa shape index (κ3) is 4.98. The lowest BCUT2D eigenvalue weighted by molar-refractivity contribution is -0.148. The molecule has 1 aromatic heterocycles. The van der Waals surface area contributed by atoms with Crippen LogP contribution in [0.5, 0.6) is 0 Å². The third-order valence-corrected chi connectivity index (χ3v) is 4.02. The molecule has 1 fully saturated rings. The van der Waals surface area contributed by atoms with Crippen LogP contribution < -0.4 is 5.32 Å². The lowest BCUT2D eigenvalue weighted by Crippen LogP contribution is -2.30. The monoisotopic (exact) mass is 323 g/mol. The maximum absolute atomic E-state index is 11.7. The van der Waals surface area contributed by atoms with Crippen molar-refractivity contribution in [3.05, 3.63) is 17.0 Å². The van der Waals surface area contributed by atoms with E-state index in [2.05, 4.69) is 15.3 Å². The molecule has 0 spiro atoms. The normalized spacial score (nSPS) is 13.8. The zero-order valence-corrected chi connectivity index (χ0v) is 14.0. The number of ether oxygens (including phenoxy) is 1. The number of carbonyl (C=O) groups excluding carboxylic acids is 2. The Labute approximate surface area is 134 Å². The van der Waals surface area contributed by atoms with E-state index in [0.29, 0.717) is 6.42 Å². The number of carbonyl (C=O) groups is 2. The zero-order valence-electron chi connectivity index (χ0n) is 13.1. The van der Waals surface area contributed by atoms with E-state index in [9.17, 15) is 9.59 Å². The Kier molecular flexibility index (Phi) is 5.76. The highest BCUT2D eigenvalue weighted by atomic mass is 32.2. The summed E-state index contributed by atoms with van der Waals surface area (Å²) >= 11 is 1.49. The van der Waals surface area contributed by atoms with Gasteiger partial charge in [0.05, 0.1) is 0 Å². The van der Waals surface area contributed by atoms with Crippen LogP contribution in [0.15, 0.2) is 5.16 Å². The molecule has 0 atom stereocenters. The molecule has 0 bridgehead atoms. The maximum atomic E-state index is 11.7. The van der Waals surface area contributed by atoms with E-state index in [1.54, 1.807) is 0 Å². The summed E-state index contributed by atoms with van der Waals surface area (Å²) in [5.41, 5.74) is 2.74. The molecule has 7 heteroatoms. The quantitative estimate of drug-likeness (QED) is 0.466. The molecule has 1 amide bonds. The molecule has 2 rings (SSSR count). The molecule has 1 aliphatic carbocycles. The van der Waals surface area contributed by atoms with Gasteiger partial charge in [-0.1, -0.05) is 11.8 Å². The first-order valence-corrected chi connectivity index (χ1v) is 8.55. The Hall–Kier alpha value is -1.63. The molecule has 120 valence electrons. The number of thioether (sulfide) groups is 1. The van der Waals surface area contributed by atoms with Crippen LogP contribution in [0.1, 0.15) is 36.2 Å². The lowest BCUT2D eigenvalue weighted by Gasteiger charge is -2.10. The molecule has 22 heavy (non-hydrogen) atoms. The second kappa shape index (κ2) is 7.58. The molecular formula is C15H21N3O3S. The van der Waals surface area contributed by atoms with E-state index in [4.69, 9.17) is 4.74 Å². The van der Waals surface area contributed by atoms with Gasteiger partial charge in [0.1, 0.15) is 0 Å². The molecule has 0 unspecified atom stereocenters. The van der Waals surface area contributed by atoms with Crippen LogP contribution in [-0.4, -0.2) is 40.7 Å². The lowest BCUT2D eigenvalue weighted by atomic mass is 10.1. The molecular weight excluding hydrogens is 302 g/mol. The molecule has 1 heterocycles. The van der Waals surface area contributed by atoms with Crippen LogP contribution in [0, 0.1) is 13.8 Å². The van der Waals surface area contributed by atoms with Gasteiger partial charge in [0, 0.05) is 23.9 Å². The van der Waals surface area contributed by atoms with Gasteiger partial charge in [-0.3, -0.25) is 9.59 Å². The van der Waals surface area contributed by atoms with E-state index in [1.807, 2.05) is 20.1 Å². The molecule has 0 aliphatic heterocycles. The number of rotatable bonds is 7. The highest BCUT2D eigenvalue weighted by Crippen LogP contribution is 2.18. The Bertz CT molecular complexity index is 550. The predicted octanol–water partition coefficient (Wildman–Crippen LogP) is 1.57. The second-order valence-corrected chi connectivity index (χ2v) is 6.14. The van der Waals surface area contributed by atoms with Gasteiger partial charge in [0.2, 0.25) is 0 Å². The van der Waals surface area contributed by atoms with Crippen molar-refractivity contribution in [3.8, 4) is 0 Å². The molecule has 6 nitrogen and oxygen atoms in total. The summed E-state index contributed by atoms with van der Waals surface area (Å²) in [5.74, 6) is -0.602. The number of hydrogen-bond acceptors (Lipinski definition) is 6. The standard InChI is InChI=1S/C15H21N3O3S/c1-9-12(10(2)17-15(16-9)22-3)6-7-14(20)21-8-13(19)18-11-4-5-11/h11H,4-8H2,1-3H3,(H,18,19). The first-order chi connectivity index (χ1) is 10.5. The third-order valence-electron chi connectivity index (χ3n) is 3.47. The SMILES string of the molecule is CSc1nc(C)c(CCC(=O)OCC(=O)NC2CC2)c(C)n1. The average Bonchev–Trinajstić information content (AvgIpc) is 3.27. The minimum Gasteiger partial charge on any atom is -0.456 e. The van der Waals surface area contributed by atoms with Crippen LogP contribution in [0.3, 0.4) is 0 Å². The van der Waals surface area contributed by atoms with E-state index in [1.165, 1.54) is 11.8 Å². The van der Waals surface area contributed by atoms with Gasteiger partial charge in [-0.2, -0.15) is 0 Å². The maximum Gasteiger partial charge on any atom is 0.306 e. The highest BCUT2D eigenvalue weighted by Gasteiger charge is 2.23. The summed E-state index contributed by atoms with van der Waals surface area (Å²) < 4.78 is 4.98. The van der Waals surface area contributed by atoms with Gasteiger partial charge in [-0.05, 0) is 44.9 Å². The summed E-state index contributed by atoms with van der Waals surface area (Å²) in [6, 6.07) is 0.281. The van der Waals surface area contributed by atoms with Crippen molar-refractivity contribution < 1.29 is 14.3 Å². The van der Waals surface area contributed by atoms with Gasteiger partial charge < -0.3 is 10.1 Å².